The molecule has 0 aromatic heterocycles. The van der Waals surface area contributed by atoms with Crippen LogP contribution in [0.4, 0.5) is 0 Å². The van der Waals surface area contributed by atoms with E-state index in [0.29, 0.717) is 5.56 Å². The van der Waals surface area contributed by atoms with Crippen molar-refractivity contribution in [2.24, 2.45) is 0 Å². The van der Waals surface area contributed by atoms with Crippen molar-refractivity contribution in [2.75, 3.05) is 13.7 Å². The Kier molecular flexibility index (Phi) is 7.39. The molecule has 118 valence electrons. The third kappa shape index (κ3) is 6.21. The number of ether oxygens (including phenoxy) is 2. The van der Waals surface area contributed by atoms with E-state index in [2.05, 4.69) is 10.1 Å². The van der Waals surface area contributed by atoms with Gasteiger partial charge in [-0.2, -0.15) is 0 Å². The van der Waals surface area contributed by atoms with Crippen LogP contribution >= 0.6 is 0 Å². The Hall–Kier alpha value is -2.63. The number of esters is 2. The SMILES string of the molecule is COC(=O)C(CC=CCOC(C)=O)NC(=O)c1ccccc1. The lowest BCUT2D eigenvalue weighted by atomic mass is 10.1. The molecule has 1 aromatic rings. The molecule has 6 nitrogen and oxygen atoms in total. The lowest BCUT2D eigenvalue weighted by Gasteiger charge is -2.14. The van der Waals surface area contributed by atoms with Crippen LogP contribution in [0.5, 0.6) is 0 Å². The van der Waals surface area contributed by atoms with Crippen LogP contribution < -0.4 is 5.32 Å². The summed E-state index contributed by atoms with van der Waals surface area (Å²) in [7, 11) is 1.26. The molecule has 1 N–H and O–H groups in total. The van der Waals surface area contributed by atoms with E-state index in [1.54, 1.807) is 42.5 Å². The molecule has 6 heteroatoms. The second-order valence-corrected chi connectivity index (χ2v) is 4.42. The van der Waals surface area contributed by atoms with E-state index in [1.807, 2.05) is 0 Å². The topological polar surface area (TPSA) is 81.7 Å². The van der Waals surface area contributed by atoms with Gasteiger partial charge in [0.2, 0.25) is 0 Å². The summed E-state index contributed by atoms with van der Waals surface area (Å²) in [5.41, 5.74) is 0.459. The van der Waals surface area contributed by atoms with E-state index in [-0.39, 0.29) is 24.9 Å². The third-order valence-corrected chi connectivity index (χ3v) is 2.75. The Bertz CT molecular complexity index is 539. The largest absolute Gasteiger partial charge is 0.467 e. The Labute approximate surface area is 129 Å². The van der Waals surface area contributed by atoms with Gasteiger partial charge in [0.1, 0.15) is 12.6 Å². The number of hydrogen-bond donors (Lipinski definition) is 1. The van der Waals surface area contributed by atoms with Crippen LogP contribution in [0.25, 0.3) is 0 Å². The van der Waals surface area contributed by atoms with Gasteiger partial charge in [-0.25, -0.2) is 4.79 Å². The number of amides is 1. The second kappa shape index (κ2) is 9.33. The van der Waals surface area contributed by atoms with Crippen molar-refractivity contribution in [3.05, 3.63) is 48.0 Å². The molecule has 0 aliphatic heterocycles. The number of rotatable bonds is 7. The molecule has 1 aromatic carbocycles. The van der Waals surface area contributed by atoms with Gasteiger partial charge in [0.05, 0.1) is 7.11 Å². The van der Waals surface area contributed by atoms with Crippen molar-refractivity contribution in [3.8, 4) is 0 Å². The van der Waals surface area contributed by atoms with Crippen molar-refractivity contribution in [1.29, 1.82) is 0 Å². The van der Waals surface area contributed by atoms with E-state index in [9.17, 15) is 14.4 Å². The average molecular weight is 305 g/mol. The van der Waals surface area contributed by atoms with E-state index < -0.39 is 12.0 Å². The van der Waals surface area contributed by atoms with Gasteiger partial charge in [-0.3, -0.25) is 9.59 Å². The number of carbonyl (C=O) groups excluding carboxylic acids is 3. The molecular formula is C16H19NO5. The minimum atomic E-state index is -0.800. The molecule has 0 saturated carbocycles. The zero-order valence-electron chi connectivity index (χ0n) is 12.6. The Morgan fingerprint density at radius 1 is 1.18 bits per heavy atom. The fraction of sp³-hybridized carbons (Fsp3) is 0.312. The summed E-state index contributed by atoms with van der Waals surface area (Å²) in [5, 5.41) is 2.61. The Morgan fingerprint density at radius 2 is 1.86 bits per heavy atom. The first-order valence-corrected chi connectivity index (χ1v) is 6.76. The predicted molar refractivity (Wildman–Crippen MR) is 80.1 cm³/mol. The van der Waals surface area contributed by atoms with E-state index >= 15 is 0 Å². The molecule has 0 saturated heterocycles. The van der Waals surface area contributed by atoms with E-state index in [1.165, 1.54) is 14.0 Å². The molecule has 1 atom stereocenters. The third-order valence-electron chi connectivity index (χ3n) is 2.75. The van der Waals surface area contributed by atoms with Crippen LogP contribution in [0.2, 0.25) is 0 Å². The highest BCUT2D eigenvalue weighted by Crippen LogP contribution is 2.02. The van der Waals surface area contributed by atoms with Gasteiger partial charge in [-0.15, -0.1) is 0 Å². The summed E-state index contributed by atoms with van der Waals surface area (Å²) in [6.07, 6.45) is 3.49. The molecule has 0 radical (unpaired) electrons. The van der Waals surface area contributed by atoms with Gasteiger partial charge in [0.25, 0.3) is 5.91 Å². The smallest absolute Gasteiger partial charge is 0.328 e. The highest BCUT2D eigenvalue weighted by Gasteiger charge is 2.20. The first kappa shape index (κ1) is 17.4. The minimum Gasteiger partial charge on any atom is -0.467 e. The molecule has 1 amide bonds. The fourth-order valence-corrected chi connectivity index (χ4v) is 1.65. The maximum Gasteiger partial charge on any atom is 0.328 e. The van der Waals surface area contributed by atoms with Gasteiger partial charge < -0.3 is 14.8 Å². The van der Waals surface area contributed by atoms with Gasteiger partial charge in [0, 0.05) is 12.5 Å². The standard InChI is InChI=1S/C16H19NO5/c1-12(18)22-11-7-6-10-14(16(20)21-2)17-15(19)13-8-4-3-5-9-13/h3-9,14H,10-11H2,1-2H3,(H,17,19). The van der Waals surface area contributed by atoms with Crippen LogP contribution in [0.15, 0.2) is 42.5 Å². The number of carbonyl (C=O) groups is 3. The molecule has 0 spiro atoms. The highest BCUT2D eigenvalue weighted by atomic mass is 16.5. The average Bonchev–Trinajstić information content (AvgIpc) is 2.53. The van der Waals surface area contributed by atoms with Gasteiger partial charge >= 0.3 is 11.9 Å². The zero-order valence-corrected chi connectivity index (χ0v) is 12.6. The molecule has 1 unspecified atom stereocenters. The predicted octanol–water partition coefficient (Wildman–Crippen LogP) is 1.47. The van der Waals surface area contributed by atoms with Crippen molar-refractivity contribution in [3.63, 3.8) is 0 Å². The van der Waals surface area contributed by atoms with Crippen molar-refractivity contribution < 1.29 is 23.9 Å². The molecule has 0 bridgehead atoms. The summed E-state index contributed by atoms with van der Waals surface area (Å²) in [6.45, 7) is 1.43. The van der Waals surface area contributed by atoms with E-state index in [0.717, 1.165) is 0 Å². The van der Waals surface area contributed by atoms with Crippen LogP contribution in [-0.2, 0) is 19.1 Å². The second-order valence-electron chi connectivity index (χ2n) is 4.42. The molecule has 0 aliphatic rings. The molecule has 0 fully saturated rings. The van der Waals surface area contributed by atoms with E-state index in [4.69, 9.17) is 4.74 Å². The normalized spacial score (nSPS) is 11.7. The van der Waals surface area contributed by atoms with Gasteiger partial charge in [-0.1, -0.05) is 30.4 Å². The van der Waals surface area contributed by atoms with Crippen molar-refractivity contribution in [1.82, 2.24) is 5.32 Å². The minimum absolute atomic E-state index is 0.121. The first-order chi connectivity index (χ1) is 10.5. The Balaban J connectivity index is 2.59. The van der Waals surface area contributed by atoms with Gasteiger partial charge in [0.15, 0.2) is 0 Å². The molecule has 0 heterocycles. The number of benzene rings is 1. The van der Waals surface area contributed by atoms with Crippen LogP contribution in [0.1, 0.15) is 23.7 Å². The van der Waals surface area contributed by atoms with Crippen LogP contribution in [0.3, 0.4) is 0 Å². The quantitative estimate of drug-likeness (QED) is 0.609. The Morgan fingerprint density at radius 3 is 2.45 bits per heavy atom. The lowest BCUT2D eigenvalue weighted by Crippen LogP contribution is -2.41. The maximum absolute atomic E-state index is 12.0. The summed E-state index contributed by atoms with van der Waals surface area (Å²) in [6, 6.07) is 7.78. The highest BCUT2D eigenvalue weighted by molar-refractivity contribution is 5.96. The monoisotopic (exact) mass is 305 g/mol. The number of methoxy groups -OCH3 is 1. The van der Waals surface area contributed by atoms with Crippen LogP contribution in [-0.4, -0.2) is 37.6 Å². The number of hydrogen-bond acceptors (Lipinski definition) is 5. The summed E-state index contributed by atoms with van der Waals surface area (Å²) < 4.78 is 9.40. The number of nitrogens with one attached hydrogen (secondary N) is 1. The summed E-state index contributed by atoms with van der Waals surface area (Å²) in [4.78, 5) is 34.3. The lowest BCUT2D eigenvalue weighted by molar-refractivity contribution is -0.143. The first-order valence-electron chi connectivity index (χ1n) is 6.76. The fourth-order valence-electron chi connectivity index (χ4n) is 1.65. The maximum atomic E-state index is 12.0. The molecular weight excluding hydrogens is 286 g/mol. The molecule has 0 aliphatic carbocycles. The molecule has 22 heavy (non-hydrogen) atoms. The summed E-state index contributed by atoms with van der Waals surface area (Å²) in [5.74, 6) is -1.28. The van der Waals surface area contributed by atoms with Crippen molar-refractivity contribution in [2.45, 2.75) is 19.4 Å². The molecule has 1 rings (SSSR count). The van der Waals surface area contributed by atoms with Crippen LogP contribution in [0, 0.1) is 0 Å². The van der Waals surface area contributed by atoms with Gasteiger partial charge in [-0.05, 0) is 18.6 Å². The van der Waals surface area contributed by atoms with Crippen molar-refractivity contribution >= 4 is 17.8 Å². The zero-order chi connectivity index (χ0) is 16.4. The summed E-state index contributed by atoms with van der Waals surface area (Å²) >= 11 is 0.